The molecule has 1 N–H and O–H groups in total. The molecule has 3 saturated carbocycles. The van der Waals surface area contributed by atoms with Gasteiger partial charge in [0.05, 0.1) is 0 Å². The summed E-state index contributed by atoms with van der Waals surface area (Å²) in [5.41, 5.74) is 2.93. The third-order valence-electron chi connectivity index (χ3n) is 5.37. The molecule has 1 heteroatoms. The Hall–Kier alpha value is -0.820. The van der Waals surface area contributed by atoms with E-state index in [2.05, 4.69) is 36.5 Å². The second-order valence-electron chi connectivity index (χ2n) is 7.14. The average Bonchev–Trinajstić information content (AvgIpc) is 3.24. The summed E-state index contributed by atoms with van der Waals surface area (Å²) in [7, 11) is 0. The molecule has 0 saturated heterocycles. The van der Waals surface area contributed by atoms with E-state index in [1.807, 2.05) is 0 Å². The van der Waals surface area contributed by atoms with Crippen molar-refractivity contribution >= 4 is 0 Å². The van der Waals surface area contributed by atoms with Crippen molar-refractivity contribution in [1.29, 1.82) is 0 Å². The summed E-state index contributed by atoms with van der Waals surface area (Å²) in [6.07, 6.45) is 8.67. The number of rotatable bonds is 5. The summed E-state index contributed by atoms with van der Waals surface area (Å²) in [4.78, 5) is 0. The van der Waals surface area contributed by atoms with Gasteiger partial charge in [0, 0.05) is 12.1 Å². The SMILES string of the molecule is Cc1ccc(C2CC(NC(C3CC3)C3CC3)C2)cc1. The predicted octanol–water partition coefficient (Wildman–Crippen LogP) is 4.02. The lowest BCUT2D eigenvalue weighted by atomic mass is 9.75. The molecule has 0 radical (unpaired) electrons. The van der Waals surface area contributed by atoms with Gasteiger partial charge in [0.25, 0.3) is 0 Å². The Balaban J connectivity index is 1.31. The Bertz CT molecular complexity index is 423. The maximum absolute atomic E-state index is 3.99. The minimum atomic E-state index is 0.803. The third kappa shape index (κ3) is 2.58. The van der Waals surface area contributed by atoms with Gasteiger partial charge in [-0.15, -0.1) is 0 Å². The number of hydrogen-bond acceptors (Lipinski definition) is 1. The van der Waals surface area contributed by atoms with E-state index in [1.54, 1.807) is 5.56 Å². The van der Waals surface area contributed by atoms with Crippen LogP contribution in [0.5, 0.6) is 0 Å². The van der Waals surface area contributed by atoms with Crippen LogP contribution in [0.2, 0.25) is 0 Å². The minimum absolute atomic E-state index is 0.803. The largest absolute Gasteiger partial charge is 0.311 e. The van der Waals surface area contributed by atoms with E-state index in [0.29, 0.717) is 0 Å². The summed E-state index contributed by atoms with van der Waals surface area (Å²) in [5.74, 6) is 2.88. The minimum Gasteiger partial charge on any atom is -0.311 e. The molecule has 3 aliphatic rings. The van der Waals surface area contributed by atoms with Crippen molar-refractivity contribution in [3.63, 3.8) is 0 Å². The first-order chi connectivity index (χ1) is 9.29. The lowest BCUT2D eigenvalue weighted by molar-refractivity contribution is 0.242. The summed E-state index contributed by atoms with van der Waals surface area (Å²) < 4.78 is 0. The Labute approximate surface area is 116 Å². The highest BCUT2D eigenvalue weighted by atomic mass is 15.0. The number of benzene rings is 1. The van der Waals surface area contributed by atoms with Gasteiger partial charge in [-0.25, -0.2) is 0 Å². The Kier molecular flexibility index (Phi) is 2.91. The van der Waals surface area contributed by atoms with Gasteiger partial charge in [-0.2, -0.15) is 0 Å². The van der Waals surface area contributed by atoms with Gasteiger partial charge in [-0.05, 0) is 68.8 Å². The van der Waals surface area contributed by atoms with Gasteiger partial charge in [-0.1, -0.05) is 29.8 Å². The zero-order chi connectivity index (χ0) is 12.8. The first kappa shape index (κ1) is 12.0. The summed E-state index contributed by atoms with van der Waals surface area (Å²) in [5, 5.41) is 3.99. The third-order valence-corrected chi connectivity index (χ3v) is 5.37. The van der Waals surface area contributed by atoms with Crippen LogP contribution in [0.4, 0.5) is 0 Å². The number of hydrogen-bond donors (Lipinski definition) is 1. The lowest BCUT2D eigenvalue weighted by Crippen LogP contribution is -2.47. The molecule has 102 valence electrons. The highest BCUT2D eigenvalue weighted by Gasteiger charge is 2.43. The zero-order valence-corrected chi connectivity index (χ0v) is 11.9. The van der Waals surface area contributed by atoms with Crippen LogP contribution in [0.3, 0.4) is 0 Å². The Morgan fingerprint density at radius 2 is 1.53 bits per heavy atom. The molecule has 1 aromatic rings. The van der Waals surface area contributed by atoms with Crippen LogP contribution in [-0.4, -0.2) is 12.1 Å². The van der Waals surface area contributed by atoms with E-state index >= 15 is 0 Å². The summed E-state index contributed by atoms with van der Waals surface area (Å²) in [6, 6.07) is 10.9. The quantitative estimate of drug-likeness (QED) is 0.838. The highest BCUT2D eigenvalue weighted by molar-refractivity contribution is 5.26. The molecule has 1 aromatic carbocycles. The first-order valence-corrected chi connectivity index (χ1v) is 8.12. The van der Waals surface area contributed by atoms with Crippen molar-refractivity contribution in [3.8, 4) is 0 Å². The molecule has 19 heavy (non-hydrogen) atoms. The number of aryl methyl sites for hydroxylation is 1. The van der Waals surface area contributed by atoms with Gasteiger partial charge in [0.1, 0.15) is 0 Å². The lowest BCUT2D eigenvalue weighted by Gasteiger charge is -2.39. The molecule has 0 heterocycles. The van der Waals surface area contributed by atoms with E-state index in [1.165, 1.54) is 44.1 Å². The van der Waals surface area contributed by atoms with Crippen LogP contribution < -0.4 is 5.32 Å². The van der Waals surface area contributed by atoms with Crippen LogP contribution in [0.25, 0.3) is 0 Å². The topological polar surface area (TPSA) is 12.0 Å². The molecule has 0 bridgehead atoms. The standard InChI is InChI=1S/C18H25N/c1-12-2-4-13(5-3-12)16-10-17(11-16)19-18(14-6-7-14)15-8-9-15/h2-5,14-19H,6-11H2,1H3. The Morgan fingerprint density at radius 3 is 2.05 bits per heavy atom. The molecule has 0 amide bonds. The molecule has 1 nitrogen and oxygen atoms in total. The predicted molar refractivity (Wildman–Crippen MR) is 79.3 cm³/mol. The maximum Gasteiger partial charge on any atom is 0.0126 e. The van der Waals surface area contributed by atoms with Crippen LogP contribution in [0.1, 0.15) is 55.6 Å². The van der Waals surface area contributed by atoms with Gasteiger partial charge in [0.2, 0.25) is 0 Å². The van der Waals surface area contributed by atoms with Gasteiger partial charge < -0.3 is 5.32 Å². The second kappa shape index (κ2) is 4.63. The second-order valence-corrected chi connectivity index (χ2v) is 7.14. The normalized spacial score (nSPS) is 30.4. The zero-order valence-electron chi connectivity index (χ0n) is 11.9. The molecule has 3 aliphatic carbocycles. The van der Waals surface area contributed by atoms with Crippen molar-refractivity contribution in [2.24, 2.45) is 11.8 Å². The van der Waals surface area contributed by atoms with Crippen molar-refractivity contribution < 1.29 is 0 Å². The highest BCUT2D eigenvalue weighted by Crippen LogP contribution is 2.46. The van der Waals surface area contributed by atoms with Crippen molar-refractivity contribution in [1.82, 2.24) is 5.32 Å². The fourth-order valence-corrected chi connectivity index (χ4v) is 3.70. The van der Waals surface area contributed by atoms with Gasteiger partial charge >= 0.3 is 0 Å². The van der Waals surface area contributed by atoms with E-state index in [4.69, 9.17) is 0 Å². The van der Waals surface area contributed by atoms with E-state index in [-0.39, 0.29) is 0 Å². The van der Waals surface area contributed by atoms with Gasteiger partial charge in [-0.3, -0.25) is 0 Å². The Morgan fingerprint density at radius 1 is 0.947 bits per heavy atom. The van der Waals surface area contributed by atoms with Crippen LogP contribution >= 0.6 is 0 Å². The summed E-state index contributed by atoms with van der Waals surface area (Å²) in [6.45, 7) is 2.17. The molecule has 0 unspecified atom stereocenters. The van der Waals surface area contributed by atoms with Crippen LogP contribution in [0, 0.1) is 18.8 Å². The smallest absolute Gasteiger partial charge is 0.0126 e. The molecule has 0 atom stereocenters. The van der Waals surface area contributed by atoms with Crippen molar-refractivity contribution in [3.05, 3.63) is 35.4 Å². The van der Waals surface area contributed by atoms with Crippen LogP contribution in [0.15, 0.2) is 24.3 Å². The van der Waals surface area contributed by atoms with Crippen molar-refractivity contribution in [2.75, 3.05) is 0 Å². The van der Waals surface area contributed by atoms with Crippen LogP contribution in [-0.2, 0) is 0 Å². The monoisotopic (exact) mass is 255 g/mol. The molecule has 3 fully saturated rings. The maximum atomic E-state index is 3.99. The molecule has 0 aliphatic heterocycles. The average molecular weight is 255 g/mol. The summed E-state index contributed by atoms with van der Waals surface area (Å²) >= 11 is 0. The van der Waals surface area contributed by atoms with Crippen molar-refractivity contribution in [2.45, 2.75) is 63.5 Å². The molecular formula is C18H25N. The van der Waals surface area contributed by atoms with E-state index in [9.17, 15) is 0 Å². The van der Waals surface area contributed by atoms with E-state index in [0.717, 1.165) is 29.8 Å². The first-order valence-electron chi connectivity index (χ1n) is 8.12. The fraction of sp³-hybridized carbons (Fsp3) is 0.667. The molecule has 0 aromatic heterocycles. The van der Waals surface area contributed by atoms with Gasteiger partial charge in [0.15, 0.2) is 0 Å². The fourth-order valence-electron chi connectivity index (χ4n) is 3.70. The molecule has 4 rings (SSSR count). The molecular weight excluding hydrogens is 230 g/mol. The van der Waals surface area contributed by atoms with E-state index < -0.39 is 0 Å². The molecule has 0 spiro atoms. The number of nitrogens with one attached hydrogen (secondary N) is 1.